The van der Waals surface area contributed by atoms with Crippen molar-refractivity contribution >= 4 is 35.8 Å². The van der Waals surface area contributed by atoms with Gasteiger partial charge in [-0.05, 0) is 19.8 Å². The number of hydrogen-bond acceptors (Lipinski definition) is 8. The predicted molar refractivity (Wildman–Crippen MR) is 102 cm³/mol. The highest BCUT2D eigenvalue weighted by Gasteiger charge is 2.62. The van der Waals surface area contributed by atoms with Gasteiger partial charge in [-0.3, -0.25) is 19.2 Å². The Kier molecular flexibility index (Phi) is 12.1. The van der Waals surface area contributed by atoms with Gasteiger partial charge in [0.25, 0.3) is 0 Å². The number of ether oxygens (including phenoxy) is 1. The van der Waals surface area contributed by atoms with Crippen LogP contribution in [0.2, 0.25) is 0 Å². The first-order valence-electron chi connectivity index (χ1n) is 9.23. The zero-order valence-corrected chi connectivity index (χ0v) is 17.7. The molecule has 0 spiro atoms. The molecule has 14 nitrogen and oxygen atoms in total. The molecule has 1 atom stereocenters. The molecule has 32 heavy (non-hydrogen) atoms. The van der Waals surface area contributed by atoms with Gasteiger partial charge in [-0.2, -0.15) is 0 Å². The van der Waals surface area contributed by atoms with Gasteiger partial charge < -0.3 is 40.5 Å². The van der Waals surface area contributed by atoms with E-state index in [4.69, 9.17) is 30.3 Å². The zero-order chi connectivity index (χ0) is 25.9. The predicted octanol–water partition coefficient (Wildman–Crippen LogP) is -0.0365. The van der Waals surface area contributed by atoms with Crippen molar-refractivity contribution in [1.29, 1.82) is 0 Å². The van der Waals surface area contributed by atoms with Crippen molar-refractivity contribution in [3.05, 3.63) is 0 Å². The standard InChI is InChI=1S/C12H20O7.C6H8O7/c1-4-11(5-2,9(15)16)12(10(17)18,19-6-3)7-8(13)14;7-3(8)1-6(13,5(11)12)2-4(9)10/h4-7H2,1-3H3,(H,13,14)(H,15,16)(H,17,18);13H,1-2H2,(H,7,8)(H,9,10)(H,11,12). The van der Waals surface area contributed by atoms with Crippen molar-refractivity contribution < 1.29 is 69.2 Å². The highest BCUT2D eigenvalue weighted by molar-refractivity contribution is 5.92. The summed E-state index contributed by atoms with van der Waals surface area (Å²) in [4.78, 5) is 64.6. The molecule has 0 saturated carbocycles. The lowest BCUT2D eigenvalue weighted by Gasteiger charge is -2.42. The van der Waals surface area contributed by atoms with Gasteiger partial charge in [-0.1, -0.05) is 13.8 Å². The highest BCUT2D eigenvalue weighted by atomic mass is 16.5. The van der Waals surface area contributed by atoms with Crippen LogP contribution in [0.15, 0.2) is 0 Å². The molecule has 0 fully saturated rings. The van der Waals surface area contributed by atoms with Gasteiger partial charge in [0.1, 0.15) is 5.41 Å². The fraction of sp³-hybridized carbons (Fsp3) is 0.667. The molecule has 14 heteroatoms. The molecular formula is C18H28O14. The first-order chi connectivity index (χ1) is 14.5. The van der Waals surface area contributed by atoms with Gasteiger partial charge in [0.15, 0.2) is 11.2 Å². The van der Waals surface area contributed by atoms with Crippen molar-refractivity contribution in [3.63, 3.8) is 0 Å². The normalized spacial score (nSPS) is 13.1. The number of carbonyl (C=O) groups is 6. The molecule has 0 aromatic heterocycles. The van der Waals surface area contributed by atoms with E-state index in [1.165, 1.54) is 20.8 Å². The topological polar surface area (TPSA) is 253 Å². The van der Waals surface area contributed by atoms with Gasteiger partial charge in [-0.25, -0.2) is 9.59 Å². The van der Waals surface area contributed by atoms with Crippen molar-refractivity contribution in [2.45, 2.75) is 64.1 Å². The summed E-state index contributed by atoms with van der Waals surface area (Å²) in [5.41, 5.74) is -6.80. The van der Waals surface area contributed by atoms with E-state index in [1.807, 2.05) is 0 Å². The average Bonchev–Trinajstić information content (AvgIpc) is 2.61. The minimum absolute atomic E-state index is 0.0432. The number of rotatable bonds is 14. The molecular weight excluding hydrogens is 440 g/mol. The average molecular weight is 468 g/mol. The fourth-order valence-electron chi connectivity index (χ4n) is 3.17. The van der Waals surface area contributed by atoms with E-state index in [0.717, 1.165) is 0 Å². The van der Waals surface area contributed by atoms with Gasteiger partial charge in [0.2, 0.25) is 0 Å². The summed E-state index contributed by atoms with van der Waals surface area (Å²) >= 11 is 0. The van der Waals surface area contributed by atoms with Crippen molar-refractivity contribution in [2.24, 2.45) is 5.41 Å². The lowest BCUT2D eigenvalue weighted by Crippen LogP contribution is -2.60. The number of carboxylic acid groups (broad SMARTS) is 6. The summed E-state index contributed by atoms with van der Waals surface area (Å²) in [6.45, 7) is 4.43. The minimum Gasteiger partial charge on any atom is -0.481 e. The van der Waals surface area contributed by atoms with E-state index in [-0.39, 0.29) is 19.4 Å². The first-order valence-corrected chi connectivity index (χ1v) is 9.23. The molecule has 1 unspecified atom stereocenters. The Hall–Kier alpha value is -3.26. The molecule has 0 heterocycles. The third-order valence-corrected chi connectivity index (χ3v) is 4.81. The molecule has 0 aromatic carbocycles. The maximum absolute atomic E-state index is 11.6. The Morgan fingerprint density at radius 2 is 1.00 bits per heavy atom. The maximum atomic E-state index is 11.6. The fourth-order valence-corrected chi connectivity index (χ4v) is 3.17. The Morgan fingerprint density at radius 1 is 0.625 bits per heavy atom. The van der Waals surface area contributed by atoms with Gasteiger partial charge >= 0.3 is 35.8 Å². The van der Waals surface area contributed by atoms with Crippen LogP contribution in [-0.2, 0) is 33.5 Å². The zero-order valence-electron chi connectivity index (χ0n) is 17.7. The molecule has 0 amide bonds. The second kappa shape index (κ2) is 12.6. The Balaban J connectivity index is 0. The lowest BCUT2D eigenvalue weighted by molar-refractivity contribution is -0.205. The van der Waals surface area contributed by atoms with E-state index in [9.17, 15) is 39.0 Å². The van der Waals surface area contributed by atoms with E-state index in [2.05, 4.69) is 0 Å². The summed E-state index contributed by atoms with van der Waals surface area (Å²) < 4.78 is 5.15. The van der Waals surface area contributed by atoms with E-state index < -0.39 is 71.7 Å². The van der Waals surface area contributed by atoms with E-state index in [1.54, 1.807) is 0 Å². The number of hydrogen-bond donors (Lipinski definition) is 7. The summed E-state index contributed by atoms with van der Waals surface area (Å²) in [5.74, 6) is -9.37. The van der Waals surface area contributed by atoms with Crippen LogP contribution in [0.4, 0.5) is 0 Å². The van der Waals surface area contributed by atoms with Crippen LogP contribution in [0.5, 0.6) is 0 Å². The molecule has 0 aliphatic rings. The van der Waals surface area contributed by atoms with Crippen LogP contribution >= 0.6 is 0 Å². The molecule has 0 radical (unpaired) electrons. The first kappa shape index (κ1) is 30.9. The molecule has 7 N–H and O–H groups in total. The van der Waals surface area contributed by atoms with Crippen LogP contribution in [0.25, 0.3) is 0 Å². The Labute approximate surface area is 182 Å². The van der Waals surface area contributed by atoms with Gasteiger partial charge in [0, 0.05) is 6.61 Å². The molecule has 0 bridgehead atoms. The third kappa shape index (κ3) is 7.46. The van der Waals surface area contributed by atoms with Crippen LogP contribution in [0.1, 0.15) is 52.9 Å². The van der Waals surface area contributed by atoms with Crippen molar-refractivity contribution in [3.8, 4) is 0 Å². The van der Waals surface area contributed by atoms with Crippen LogP contribution in [0, 0.1) is 5.41 Å². The molecule has 0 aliphatic heterocycles. The maximum Gasteiger partial charge on any atom is 0.337 e. The Morgan fingerprint density at radius 3 is 1.19 bits per heavy atom. The van der Waals surface area contributed by atoms with Crippen LogP contribution in [0.3, 0.4) is 0 Å². The van der Waals surface area contributed by atoms with Gasteiger partial charge in [0.05, 0.1) is 19.3 Å². The summed E-state index contributed by atoms with van der Waals surface area (Å²) in [6.07, 6.45) is -3.27. The van der Waals surface area contributed by atoms with Crippen molar-refractivity contribution in [1.82, 2.24) is 0 Å². The molecule has 0 aromatic rings. The number of aliphatic hydroxyl groups is 1. The highest BCUT2D eigenvalue weighted by Crippen LogP contribution is 2.44. The smallest absolute Gasteiger partial charge is 0.337 e. The minimum atomic E-state index is -2.74. The van der Waals surface area contributed by atoms with Gasteiger partial charge in [-0.15, -0.1) is 0 Å². The lowest BCUT2D eigenvalue weighted by atomic mass is 9.66. The van der Waals surface area contributed by atoms with E-state index in [0.29, 0.717) is 0 Å². The van der Waals surface area contributed by atoms with Crippen LogP contribution in [-0.4, -0.2) is 89.4 Å². The molecule has 0 saturated heterocycles. The largest absolute Gasteiger partial charge is 0.481 e. The number of carboxylic acids is 6. The summed E-state index contributed by atoms with van der Waals surface area (Å²) in [7, 11) is 0. The SMILES string of the molecule is CCOC(CC(=O)O)(C(=O)O)C(CC)(CC)C(=O)O.O=C(O)CC(O)(CC(=O)O)C(=O)O. The third-order valence-electron chi connectivity index (χ3n) is 4.81. The van der Waals surface area contributed by atoms with Crippen LogP contribution < -0.4 is 0 Å². The number of aliphatic carboxylic acids is 6. The summed E-state index contributed by atoms with van der Waals surface area (Å²) in [6, 6.07) is 0. The molecule has 0 aliphatic carbocycles. The second-order valence-electron chi connectivity index (χ2n) is 6.71. The quantitative estimate of drug-likeness (QED) is 0.177. The summed E-state index contributed by atoms with van der Waals surface area (Å²) in [5, 5.41) is 61.5. The second-order valence-corrected chi connectivity index (χ2v) is 6.71. The molecule has 184 valence electrons. The monoisotopic (exact) mass is 468 g/mol. The Bertz CT molecular complexity index is 707. The molecule has 0 rings (SSSR count). The van der Waals surface area contributed by atoms with Crippen molar-refractivity contribution in [2.75, 3.05) is 6.61 Å². The van der Waals surface area contributed by atoms with E-state index >= 15 is 0 Å².